The summed E-state index contributed by atoms with van der Waals surface area (Å²) < 4.78 is 0. The number of aliphatic hydroxyl groups excluding tert-OH is 2. The molecule has 0 aromatic carbocycles. The van der Waals surface area contributed by atoms with Crippen LogP contribution in [0.3, 0.4) is 0 Å². The van der Waals surface area contributed by atoms with E-state index in [1.165, 1.54) is 12.2 Å². The fourth-order valence-electron chi connectivity index (χ4n) is 2.13. The SMILES string of the molecule is CC1=NC(=O)[C@@H](C[C@@H]2C(=O)N=C(C)C=C2O)C(O)=C1. The molecular weight excluding hydrogens is 248 g/mol. The molecule has 2 N–H and O–H groups in total. The van der Waals surface area contributed by atoms with E-state index in [1.54, 1.807) is 13.8 Å². The largest absolute Gasteiger partial charge is 0.511 e. The van der Waals surface area contributed by atoms with Crippen molar-refractivity contribution in [1.29, 1.82) is 0 Å². The van der Waals surface area contributed by atoms with E-state index in [9.17, 15) is 19.8 Å². The second-order valence-corrected chi connectivity index (χ2v) is 4.66. The molecular formula is C13H14N2O4. The summed E-state index contributed by atoms with van der Waals surface area (Å²) in [6.07, 6.45) is 2.74. The maximum atomic E-state index is 11.7. The summed E-state index contributed by atoms with van der Waals surface area (Å²) in [5.41, 5.74) is 0.838. The molecule has 2 atom stereocenters. The highest BCUT2D eigenvalue weighted by molar-refractivity contribution is 6.07. The second kappa shape index (κ2) is 4.79. The summed E-state index contributed by atoms with van der Waals surface area (Å²) >= 11 is 0. The third-order valence-electron chi connectivity index (χ3n) is 3.07. The summed E-state index contributed by atoms with van der Waals surface area (Å²) in [5, 5.41) is 19.6. The second-order valence-electron chi connectivity index (χ2n) is 4.66. The van der Waals surface area contributed by atoms with Crippen LogP contribution in [-0.2, 0) is 9.59 Å². The molecule has 2 aliphatic rings. The standard InChI is InChI=1S/C13H14N2O4/c1-6-3-10(16)8(12(18)14-6)5-9-11(17)4-7(2)15-13(9)19/h3-4,8-9,16-17H,5H2,1-2H3/t8-,9-/m0/s1. The minimum Gasteiger partial charge on any atom is -0.511 e. The van der Waals surface area contributed by atoms with E-state index in [0.29, 0.717) is 11.4 Å². The lowest BCUT2D eigenvalue weighted by Gasteiger charge is -2.22. The van der Waals surface area contributed by atoms with E-state index >= 15 is 0 Å². The lowest BCUT2D eigenvalue weighted by molar-refractivity contribution is -0.124. The summed E-state index contributed by atoms with van der Waals surface area (Å²) in [6.45, 7) is 3.20. The van der Waals surface area contributed by atoms with Gasteiger partial charge in [0.15, 0.2) is 0 Å². The lowest BCUT2D eigenvalue weighted by Crippen LogP contribution is -2.29. The minimum atomic E-state index is -0.901. The molecule has 2 aliphatic heterocycles. The van der Waals surface area contributed by atoms with Gasteiger partial charge in [0.05, 0.1) is 11.8 Å². The van der Waals surface area contributed by atoms with Crippen LogP contribution in [0.2, 0.25) is 0 Å². The Hall–Kier alpha value is -2.24. The predicted molar refractivity (Wildman–Crippen MR) is 69.3 cm³/mol. The number of nitrogens with zero attached hydrogens (tertiary/aromatic N) is 2. The summed E-state index contributed by atoms with van der Waals surface area (Å²) in [4.78, 5) is 30.9. The topological polar surface area (TPSA) is 99.3 Å². The molecule has 0 radical (unpaired) electrons. The summed E-state index contributed by atoms with van der Waals surface area (Å²) in [6, 6.07) is 0. The van der Waals surface area contributed by atoms with Crippen LogP contribution in [0.25, 0.3) is 0 Å². The number of dihydropyridines is 2. The Kier molecular flexibility index (Phi) is 3.33. The Balaban J connectivity index is 2.19. The number of carbonyl (C=O) groups is 2. The number of amides is 2. The van der Waals surface area contributed by atoms with Gasteiger partial charge in [-0.3, -0.25) is 9.59 Å². The fourth-order valence-corrected chi connectivity index (χ4v) is 2.13. The van der Waals surface area contributed by atoms with Crippen molar-refractivity contribution in [2.75, 3.05) is 0 Å². The van der Waals surface area contributed by atoms with Gasteiger partial charge in [0.2, 0.25) is 0 Å². The molecule has 0 saturated carbocycles. The number of rotatable bonds is 2. The van der Waals surface area contributed by atoms with E-state index < -0.39 is 23.7 Å². The molecule has 0 bridgehead atoms. The number of carbonyl (C=O) groups excluding carboxylic acids is 2. The van der Waals surface area contributed by atoms with Gasteiger partial charge in [-0.05, 0) is 32.4 Å². The maximum absolute atomic E-state index is 11.7. The van der Waals surface area contributed by atoms with Crippen LogP contribution in [-0.4, -0.2) is 33.5 Å². The Labute approximate surface area is 109 Å². The average molecular weight is 262 g/mol. The Bertz CT molecular complexity index is 519. The minimum absolute atomic E-state index is 0.0319. The molecule has 2 amide bonds. The van der Waals surface area contributed by atoms with Gasteiger partial charge in [-0.2, -0.15) is 0 Å². The molecule has 6 nitrogen and oxygen atoms in total. The monoisotopic (exact) mass is 262 g/mol. The molecule has 0 aromatic rings. The van der Waals surface area contributed by atoms with Crippen LogP contribution in [0.1, 0.15) is 20.3 Å². The Morgan fingerprint density at radius 2 is 1.32 bits per heavy atom. The highest BCUT2D eigenvalue weighted by atomic mass is 16.3. The van der Waals surface area contributed by atoms with Crippen LogP contribution >= 0.6 is 0 Å². The molecule has 0 unspecified atom stereocenters. The van der Waals surface area contributed by atoms with Crippen molar-refractivity contribution in [1.82, 2.24) is 0 Å². The molecule has 19 heavy (non-hydrogen) atoms. The zero-order chi connectivity index (χ0) is 14.2. The first kappa shape index (κ1) is 13.2. The van der Waals surface area contributed by atoms with Gasteiger partial charge in [0, 0.05) is 11.4 Å². The molecule has 2 heterocycles. The van der Waals surface area contributed by atoms with Crippen LogP contribution < -0.4 is 0 Å². The molecule has 100 valence electrons. The zero-order valence-corrected chi connectivity index (χ0v) is 10.6. The molecule has 0 spiro atoms. The summed E-state index contributed by atoms with van der Waals surface area (Å²) in [7, 11) is 0. The van der Waals surface area contributed by atoms with Gasteiger partial charge >= 0.3 is 0 Å². The first-order chi connectivity index (χ1) is 8.88. The van der Waals surface area contributed by atoms with Crippen molar-refractivity contribution < 1.29 is 19.8 Å². The van der Waals surface area contributed by atoms with Gasteiger partial charge in [0.1, 0.15) is 11.5 Å². The van der Waals surface area contributed by atoms with Gasteiger partial charge in [-0.25, -0.2) is 9.98 Å². The molecule has 2 rings (SSSR count). The van der Waals surface area contributed by atoms with Gasteiger partial charge in [0.25, 0.3) is 11.8 Å². The highest BCUT2D eigenvalue weighted by Gasteiger charge is 2.35. The zero-order valence-electron chi connectivity index (χ0n) is 10.6. The van der Waals surface area contributed by atoms with E-state index in [1.807, 2.05) is 0 Å². The van der Waals surface area contributed by atoms with Crippen LogP contribution in [0, 0.1) is 11.8 Å². The van der Waals surface area contributed by atoms with Gasteiger partial charge < -0.3 is 10.2 Å². The van der Waals surface area contributed by atoms with Crippen molar-refractivity contribution in [2.45, 2.75) is 20.3 Å². The van der Waals surface area contributed by atoms with Crippen molar-refractivity contribution in [2.24, 2.45) is 21.8 Å². The van der Waals surface area contributed by atoms with E-state index in [0.717, 1.165) is 0 Å². The summed E-state index contributed by atoms with van der Waals surface area (Å²) in [5.74, 6) is -3.09. The van der Waals surface area contributed by atoms with Gasteiger partial charge in [-0.1, -0.05) is 0 Å². The van der Waals surface area contributed by atoms with Crippen molar-refractivity contribution in [3.63, 3.8) is 0 Å². The van der Waals surface area contributed by atoms with Crippen molar-refractivity contribution in [3.8, 4) is 0 Å². The highest BCUT2D eigenvalue weighted by Crippen LogP contribution is 2.29. The normalized spacial score (nSPS) is 27.5. The molecule has 0 aromatic heterocycles. The van der Waals surface area contributed by atoms with Crippen LogP contribution in [0.4, 0.5) is 0 Å². The quantitative estimate of drug-likeness (QED) is 0.787. The first-order valence-corrected chi connectivity index (χ1v) is 5.88. The molecule has 6 heteroatoms. The van der Waals surface area contributed by atoms with Gasteiger partial charge in [-0.15, -0.1) is 0 Å². The molecule has 0 fully saturated rings. The first-order valence-electron chi connectivity index (χ1n) is 5.88. The van der Waals surface area contributed by atoms with Crippen molar-refractivity contribution in [3.05, 3.63) is 23.7 Å². The third kappa shape index (κ3) is 2.62. The van der Waals surface area contributed by atoms with Crippen molar-refractivity contribution >= 4 is 23.2 Å². The number of allylic oxidation sites excluding steroid dienone is 2. The average Bonchev–Trinajstić information content (AvgIpc) is 2.25. The van der Waals surface area contributed by atoms with E-state index in [4.69, 9.17) is 0 Å². The van der Waals surface area contributed by atoms with E-state index in [-0.39, 0.29) is 17.9 Å². The number of aliphatic imine (C=N–C) groups is 2. The van der Waals surface area contributed by atoms with Crippen LogP contribution in [0.5, 0.6) is 0 Å². The predicted octanol–water partition coefficient (Wildman–Crippen LogP) is 1.49. The smallest absolute Gasteiger partial charge is 0.256 e. The molecule has 0 saturated heterocycles. The molecule has 0 aliphatic carbocycles. The lowest BCUT2D eigenvalue weighted by atomic mass is 9.87. The maximum Gasteiger partial charge on any atom is 0.256 e. The third-order valence-corrected chi connectivity index (χ3v) is 3.07. The Morgan fingerprint density at radius 1 is 0.947 bits per heavy atom. The number of hydrogen-bond donors (Lipinski definition) is 2. The number of aliphatic hydroxyl groups is 2. The van der Waals surface area contributed by atoms with E-state index in [2.05, 4.69) is 9.98 Å². The van der Waals surface area contributed by atoms with Crippen LogP contribution in [0.15, 0.2) is 33.7 Å². The Morgan fingerprint density at radius 3 is 1.63 bits per heavy atom. The number of hydrogen-bond acceptors (Lipinski definition) is 4. The fraction of sp³-hybridized carbons (Fsp3) is 0.385.